The number of hydrogen-bond donors (Lipinski definition) is 2. The molecule has 0 bridgehead atoms. The second-order valence-corrected chi connectivity index (χ2v) is 6.30. The maximum Gasteiger partial charge on any atom is 0.282 e. The van der Waals surface area contributed by atoms with Crippen molar-refractivity contribution < 1.29 is 14.4 Å². The predicted molar refractivity (Wildman–Crippen MR) is 84.7 cm³/mol. The topological polar surface area (TPSA) is 42.8 Å². The second-order valence-electron chi connectivity index (χ2n) is 6.30. The number of morpholine rings is 1. The van der Waals surface area contributed by atoms with Gasteiger partial charge in [0.25, 0.3) is 5.91 Å². The van der Waals surface area contributed by atoms with Crippen LogP contribution in [-0.2, 0) is 9.53 Å². The lowest BCUT2D eigenvalue weighted by Crippen LogP contribution is -3.19. The molecule has 0 unspecified atom stereocenters. The molecule has 1 heterocycles. The molecule has 1 fully saturated rings. The molecule has 0 aromatic heterocycles. The highest BCUT2D eigenvalue weighted by Gasteiger charge is 2.33. The minimum absolute atomic E-state index is 0.0715. The molecule has 1 aromatic carbocycles. The summed E-state index contributed by atoms with van der Waals surface area (Å²) in [4.78, 5) is 13.9. The van der Waals surface area contributed by atoms with Gasteiger partial charge in [-0.05, 0) is 45.7 Å². The fraction of sp³-hybridized carbons (Fsp3) is 0.588. The number of hydrogen-bond acceptors (Lipinski definition) is 2. The molecular formula is C17H27N2O2+. The second kappa shape index (κ2) is 6.58. The number of amides is 1. The van der Waals surface area contributed by atoms with E-state index in [-0.39, 0.29) is 24.2 Å². The largest absolute Gasteiger partial charge is 0.364 e. The molecule has 0 aliphatic carbocycles. The summed E-state index contributed by atoms with van der Waals surface area (Å²) in [5, 5.41) is 3.10. The fourth-order valence-corrected chi connectivity index (χ4v) is 3.10. The van der Waals surface area contributed by atoms with Crippen LogP contribution in [0.1, 0.15) is 31.9 Å². The van der Waals surface area contributed by atoms with Gasteiger partial charge in [0.2, 0.25) is 0 Å². The first kappa shape index (κ1) is 16.0. The zero-order chi connectivity index (χ0) is 15.6. The summed E-state index contributed by atoms with van der Waals surface area (Å²) < 4.78 is 5.75. The van der Waals surface area contributed by atoms with Crippen LogP contribution in [0, 0.1) is 13.8 Å². The van der Waals surface area contributed by atoms with E-state index in [1.165, 1.54) is 4.90 Å². The Hall–Kier alpha value is -1.39. The highest BCUT2D eigenvalue weighted by Crippen LogP contribution is 2.19. The van der Waals surface area contributed by atoms with Crippen LogP contribution in [0.4, 0.5) is 5.69 Å². The Morgan fingerprint density at radius 1 is 1.24 bits per heavy atom. The van der Waals surface area contributed by atoms with Crippen molar-refractivity contribution in [1.82, 2.24) is 0 Å². The molecule has 1 aliphatic heterocycles. The number of quaternary nitrogens is 1. The lowest BCUT2D eigenvalue weighted by molar-refractivity contribution is -0.928. The third-order valence-electron chi connectivity index (χ3n) is 4.30. The van der Waals surface area contributed by atoms with E-state index in [9.17, 15) is 4.79 Å². The highest BCUT2D eigenvalue weighted by atomic mass is 16.5. The average Bonchev–Trinajstić information content (AvgIpc) is 2.41. The summed E-state index contributed by atoms with van der Waals surface area (Å²) in [5.74, 6) is 0.0868. The minimum Gasteiger partial charge on any atom is -0.364 e. The van der Waals surface area contributed by atoms with E-state index < -0.39 is 0 Å². The van der Waals surface area contributed by atoms with Crippen LogP contribution in [0.5, 0.6) is 0 Å². The standard InChI is InChI=1S/C17H26N2O2/c1-11-7-6-8-12(2)16(11)18-17(20)15(5)19-9-13(3)21-14(4)10-19/h6-8,13-15H,9-10H2,1-5H3,(H,18,20)/p+1/t13-,14-,15+/m1/s1. The summed E-state index contributed by atoms with van der Waals surface area (Å²) >= 11 is 0. The first-order valence-corrected chi connectivity index (χ1v) is 7.75. The zero-order valence-corrected chi connectivity index (χ0v) is 13.7. The minimum atomic E-state index is -0.0715. The molecule has 2 rings (SSSR count). The van der Waals surface area contributed by atoms with Gasteiger partial charge in [0.1, 0.15) is 25.3 Å². The number of para-hydroxylation sites is 1. The Balaban J connectivity index is 2.06. The molecule has 0 radical (unpaired) electrons. The quantitative estimate of drug-likeness (QED) is 0.882. The van der Waals surface area contributed by atoms with Crippen LogP contribution in [0.3, 0.4) is 0 Å². The van der Waals surface area contributed by atoms with Gasteiger partial charge < -0.3 is 15.0 Å². The normalized spacial score (nSPS) is 27.2. The lowest BCUT2D eigenvalue weighted by Gasteiger charge is -2.35. The van der Waals surface area contributed by atoms with E-state index in [0.29, 0.717) is 0 Å². The number of aryl methyl sites for hydroxylation is 2. The maximum absolute atomic E-state index is 12.6. The number of benzene rings is 1. The Morgan fingerprint density at radius 3 is 2.29 bits per heavy atom. The van der Waals surface area contributed by atoms with Gasteiger partial charge in [-0.1, -0.05) is 18.2 Å². The monoisotopic (exact) mass is 291 g/mol. The van der Waals surface area contributed by atoms with Crippen molar-refractivity contribution in [3.05, 3.63) is 29.3 Å². The molecule has 2 N–H and O–H groups in total. The van der Waals surface area contributed by atoms with Gasteiger partial charge in [-0.25, -0.2) is 0 Å². The molecule has 3 atom stereocenters. The van der Waals surface area contributed by atoms with Crippen molar-refractivity contribution in [2.75, 3.05) is 18.4 Å². The Labute approximate surface area is 127 Å². The molecule has 1 amide bonds. The summed E-state index contributed by atoms with van der Waals surface area (Å²) in [5.41, 5.74) is 3.16. The van der Waals surface area contributed by atoms with Crippen LogP contribution < -0.4 is 10.2 Å². The molecule has 1 saturated heterocycles. The molecular weight excluding hydrogens is 264 g/mol. The van der Waals surface area contributed by atoms with Crippen molar-refractivity contribution in [3.63, 3.8) is 0 Å². The summed E-state index contributed by atoms with van der Waals surface area (Å²) in [7, 11) is 0. The van der Waals surface area contributed by atoms with E-state index in [1.807, 2.05) is 39.0 Å². The Morgan fingerprint density at radius 2 is 1.76 bits per heavy atom. The SMILES string of the molecule is Cc1cccc(C)c1NC(=O)[C@H](C)[NH+]1C[C@@H](C)O[C@H](C)C1. The molecule has 116 valence electrons. The van der Waals surface area contributed by atoms with Crippen LogP contribution in [0.15, 0.2) is 18.2 Å². The average molecular weight is 291 g/mol. The van der Waals surface area contributed by atoms with Gasteiger partial charge in [0, 0.05) is 5.69 Å². The van der Waals surface area contributed by atoms with E-state index in [4.69, 9.17) is 4.74 Å². The predicted octanol–water partition coefficient (Wildman–Crippen LogP) is 1.32. The molecule has 1 aliphatic rings. The van der Waals surface area contributed by atoms with Crippen molar-refractivity contribution in [2.24, 2.45) is 0 Å². The number of nitrogens with one attached hydrogen (secondary N) is 2. The molecule has 1 aromatic rings. The number of ether oxygens (including phenoxy) is 1. The Kier molecular flexibility index (Phi) is 5.01. The van der Waals surface area contributed by atoms with Crippen LogP contribution in [-0.4, -0.2) is 37.2 Å². The van der Waals surface area contributed by atoms with Crippen molar-refractivity contribution >= 4 is 11.6 Å². The smallest absolute Gasteiger partial charge is 0.282 e. The molecule has 4 nitrogen and oxygen atoms in total. The molecule has 0 spiro atoms. The van der Waals surface area contributed by atoms with Crippen LogP contribution in [0.2, 0.25) is 0 Å². The fourth-order valence-electron chi connectivity index (χ4n) is 3.10. The van der Waals surface area contributed by atoms with Crippen LogP contribution >= 0.6 is 0 Å². The van der Waals surface area contributed by atoms with E-state index in [1.54, 1.807) is 0 Å². The number of carbonyl (C=O) groups excluding carboxylic acids is 1. The van der Waals surface area contributed by atoms with Crippen molar-refractivity contribution in [2.45, 2.75) is 52.9 Å². The van der Waals surface area contributed by atoms with Gasteiger partial charge in [-0.2, -0.15) is 0 Å². The van der Waals surface area contributed by atoms with E-state index in [0.717, 1.165) is 29.9 Å². The van der Waals surface area contributed by atoms with E-state index in [2.05, 4.69) is 19.2 Å². The maximum atomic E-state index is 12.6. The third-order valence-corrected chi connectivity index (χ3v) is 4.30. The Bertz CT molecular complexity index is 485. The first-order valence-electron chi connectivity index (χ1n) is 7.75. The van der Waals surface area contributed by atoms with Gasteiger partial charge in [-0.15, -0.1) is 0 Å². The number of carbonyl (C=O) groups is 1. The van der Waals surface area contributed by atoms with Crippen molar-refractivity contribution in [3.8, 4) is 0 Å². The summed E-state index contributed by atoms with van der Waals surface area (Å²) in [6, 6.07) is 6.00. The number of rotatable bonds is 3. The van der Waals surface area contributed by atoms with E-state index >= 15 is 0 Å². The first-order chi connectivity index (χ1) is 9.88. The van der Waals surface area contributed by atoms with Crippen molar-refractivity contribution in [1.29, 1.82) is 0 Å². The molecule has 21 heavy (non-hydrogen) atoms. The summed E-state index contributed by atoms with van der Waals surface area (Å²) in [6.45, 7) is 12.0. The zero-order valence-electron chi connectivity index (χ0n) is 13.7. The lowest BCUT2D eigenvalue weighted by atomic mass is 10.1. The molecule has 0 saturated carbocycles. The highest BCUT2D eigenvalue weighted by molar-refractivity contribution is 5.95. The van der Waals surface area contributed by atoms with Gasteiger partial charge in [0.15, 0.2) is 6.04 Å². The van der Waals surface area contributed by atoms with Crippen LogP contribution in [0.25, 0.3) is 0 Å². The number of anilines is 1. The van der Waals surface area contributed by atoms with Gasteiger partial charge in [-0.3, -0.25) is 4.79 Å². The third kappa shape index (κ3) is 3.83. The van der Waals surface area contributed by atoms with Gasteiger partial charge >= 0.3 is 0 Å². The molecule has 4 heteroatoms. The van der Waals surface area contributed by atoms with Gasteiger partial charge in [0.05, 0.1) is 0 Å². The summed E-state index contributed by atoms with van der Waals surface area (Å²) in [6.07, 6.45) is 0.415.